The lowest BCUT2D eigenvalue weighted by Gasteiger charge is -2.07. The molecular formula is C12H12N8. The Morgan fingerprint density at radius 2 is 2.05 bits per heavy atom. The molecule has 1 N–H and O–H groups in total. The van der Waals surface area contributed by atoms with Crippen molar-refractivity contribution >= 4 is 5.95 Å². The molecule has 20 heavy (non-hydrogen) atoms. The number of nitrogens with zero attached hydrogens (tertiary/aromatic N) is 7. The number of aryl methyl sites for hydroxylation is 1. The van der Waals surface area contributed by atoms with Crippen molar-refractivity contribution in [3.05, 3.63) is 36.7 Å². The first-order chi connectivity index (χ1) is 9.78. The second kappa shape index (κ2) is 5.00. The summed E-state index contributed by atoms with van der Waals surface area (Å²) in [7, 11) is 1.75. The third-order valence-electron chi connectivity index (χ3n) is 2.73. The molecule has 0 atom stereocenters. The van der Waals surface area contributed by atoms with Crippen LogP contribution in [0.1, 0.15) is 5.56 Å². The van der Waals surface area contributed by atoms with Crippen LogP contribution in [-0.2, 0) is 0 Å². The van der Waals surface area contributed by atoms with Gasteiger partial charge in [-0.3, -0.25) is 4.98 Å². The number of nitrogens with one attached hydrogen (secondary N) is 1. The van der Waals surface area contributed by atoms with Crippen molar-refractivity contribution in [3.8, 4) is 17.3 Å². The predicted octanol–water partition coefficient (Wildman–Crippen LogP) is 0.864. The molecule has 3 rings (SSSR count). The molecule has 100 valence electrons. The van der Waals surface area contributed by atoms with Crippen LogP contribution in [0.2, 0.25) is 0 Å². The van der Waals surface area contributed by atoms with Gasteiger partial charge in [0.25, 0.3) is 5.95 Å². The summed E-state index contributed by atoms with van der Waals surface area (Å²) in [4.78, 5) is 21.0. The van der Waals surface area contributed by atoms with Crippen molar-refractivity contribution in [2.75, 3.05) is 12.4 Å². The Kier molecular flexibility index (Phi) is 3.04. The van der Waals surface area contributed by atoms with E-state index in [2.05, 4.69) is 35.3 Å². The summed E-state index contributed by atoms with van der Waals surface area (Å²) in [6, 6.07) is 1.87. The summed E-state index contributed by atoms with van der Waals surface area (Å²) < 4.78 is 1.49. The van der Waals surface area contributed by atoms with Gasteiger partial charge in [0.2, 0.25) is 5.95 Å². The van der Waals surface area contributed by atoms with Crippen molar-refractivity contribution in [1.82, 2.24) is 34.7 Å². The monoisotopic (exact) mass is 268 g/mol. The van der Waals surface area contributed by atoms with E-state index in [1.165, 1.54) is 17.3 Å². The first-order valence-electron chi connectivity index (χ1n) is 5.98. The molecule has 0 unspecified atom stereocenters. The highest BCUT2D eigenvalue weighted by Crippen LogP contribution is 2.19. The molecule has 3 aromatic heterocycles. The summed E-state index contributed by atoms with van der Waals surface area (Å²) in [5.41, 5.74) is 1.89. The van der Waals surface area contributed by atoms with Crippen molar-refractivity contribution < 1.29 is 0 Å². The van der Waals surface area contributed by atoms with E-state index >= 15 is 0 Å². The molecule has 0 spiro atoms. The van der Waals surface area contributed by atoms with Gasteiger partial charge < -0.3 is 5.32 Å². The van der Waals surface area contributed by atoms with Crippen molar-refractivity contribution in [3.63, 3.8) is 0 Å². The summed E-state index contributed by atoms with van der Waals surface area (Å²) in [6.45, 7) is 1.96. The number of anilines is 1. The molecule has 0 amide bonds. The van der Waals surface area contributed by atoms with E-state index in [1.807, 2.05) is 13.0 Å². The smallest absolute Gasteiger partial charge is 0.257 e. The van der Waals surface area contributed by atoms with Gasteiger partial charge >= 0.3 is 0 Å². The third-order valence-corrected chi connectivity index (χ3v) is 2.73. The number of pyridine rings is 1. The van der Waals surface area contributed by atoms with Crippen molar-refractivity contribution in [2.45, 2.75) is 6.92 Å². The second-order valence-electron chi connectivity index (χ2n) is 4.06. The molecule has 8 heteroatoms. The van der Waals surface area contributed by atoms with Crippen LogP contribution in [0.15, 0.2) is 31.1 Å². The summed E-state index contributed by atoms with van der Waals surface area (Å²) >= 11 is 0. The Labute approximate surface area is 115 Å². The fourth-order valence-corrected chi connectivity index (χ4v) is 1.74. The average Bonchev–Trinajstić information content (AvgIpc) is 3.01. The minimum absolute atomic E-state index is 0.410. The van der Waals surface area contributed by atoms with Gasteiger partial charge in [-0.2, -0.15) is 24.7 Å². The second-order valence-corrected chi connectivity index (χ2v) is 4.06. The summed E-state index contributed by atoms with van der Waals surface area (Å²) in [6.07, 6.45) is 6.45. The molecule has 0 aromatic carbocycles. The van der Waals surface area contributed by atoms with E-state index < -0.39 is 0 Å². The fourth-order valence-electron chi connectivity index (χ4n) is 1.74. The van der Waals surface area contributed by atoms with Gasteiger partial charge in [0.1, 0.15) is 12.7 Å². The van der Waals surface area contributed by atoms with Gasteiger partial charge in [-0.25, -0.2) is 4.98 Å². The van der Waals surface area contributed by atoms with Crippen molar-refractivity contribution in [2.24, 2.45) is 0 Å². The van der Waals surface area contributed by atoms with Crippen LogP contribution in [0, 0.1) is 6.92 Å². The molecule has 0 aliphatic heterocycles. The van der Waals surface area contributed by atoms with E-state index in [1.54, 1.807) is 19.4 Å². The highest BCUT2D eigenvalue weighted by molar-refractivity contribution is 5.60. The maximum Gasteiger partial charge on any atom is 0.257 e. The van der Waals surface area contributed by atoms with Gasteiger partial charge in [0, 0.05) is 25.0 Å². The van der Waals surface area contributed by atoms with Gasteiger partial charge in [0.05, 0.1) is 0 Å². The fraction of sp³-hybridized carbons (Fsp3) is 0.167. The van der Waals surface area contributed by atoms with Crippen LogP contribution < -0.4 is 5.32 Å². The summed E-state index contributed by atoms with van der Waals surface area (Å²) in [5.74, 6) is 1.44. The zero-order valence-corrected chi connectivity index (χ0v) is 11.0. The van der Waals surface area contributed by atoms with E-state index in [0.717, 1.165) is 11.1 Å². The van der Waals surface area contributed by atoms with E-state index in [4.69, 9.17) is 0 Å². The lowest BCUT2D eigenvalue weighted by Crippen LogP contribution is -2.08. The van der Waals surface area contributed by atoms with Crippen LogP contribution in [0.25, 0.3) is 17.3 Å². The topological polar surface area (TPSA) is 94.3 Å². The number of rotatable bonds is 3. The number of hydrogen-bond acceptors (Lipinski definition) is 7. The quantitative estimate of drug-likeness (QED) is 0.752. The predicted molar refractivity (Wildman–Crippen MR) is 72.3 cm³/mol. The SMILES string of the molecule is CNc1nc(-c2ccncc2C)nc(-n2cncn2)n1. The molecular weight excluding hydrogens is 256 g/mol. The maximum absolute atomic E-state index is 4.43. The lowest BCUT2D eigenvalue weighted by molar-refractivity contribution is 0.798. The Hall–Kier alpha value is -2.90. The zero-order valence-electron chi connectivity index (χ0n) is 11.0. The first-order valence-corrected chi connectivity index (χ1v) is 5.98. The van der Waals surface area contributed by atoms with Gasteiger partial charge in [0.15, 0.2) is 5.82 Å². The van der Waals surface area contributed by atoms with Gasteiger partial charge in [-0.1, -0.05) is 0 Å². The normalized spacial score (nSPS) is 10.5. The molecule has 0 aliphatic carbocycles. The minimum atomic E-state index is 0.410. The van der Waals surface area contributed by atoms with Crippen LogP contribution in [0.3, 0.4) is 0 Å². The van der Waals surface area contributed by atoms with E-state index in [-0.39, 0.29) is 0 Å². The Balaban J connectivity index is 2.17. The Morgan fingerprint density at radius 3 is 2.75 bits per heavy atom. The highest BCUT2D eigenvalue weighted by atomic mass is 15.4. The molecule has 0 fully saturated rings. The molecule has 8 nitrogen and oxygen atoms in total. The van der Waals surface area contributed by atoms with E-state index in [9.17, 15) is 0 Å². The third kappa shape index (κ3) is 2.18. The molecule has 0 bridgehead atoms. The maximum atomic E-state index is 4.43. The minimum Gasteiger partial charge on any atom is -0.357 e. The van der Waals surface area contributed by atoms with Crippen LogP contribution in [0.4, 0.5) is 5.95 Å². The largest absolute Gasteiger partial charge is 0.357 e. The molecule has 0 aliphatic rings. The first kappa shape index (κ1) is 12.2. The van der Waals surface area contributed by atoms with Gasteiger partial charge in [-0.05, 0) is 18.6 Å². The number of hydrogen-bond donors (Lipinski definition) is 1. The molecule has 3 aromatic rings. The van der Waals surface area contributed by atoms with Crippen LogP contribution in [0.5, 0.6) is 0 Å². The summed E-state index contributed by atoms with van der Waals surface area (Å²) in [5, 5.41) is 6.95. The van der Waals surface area contributed by atoms with Crippen molar-refractivity contribution in [1.29, 1.82) is 0 Å². The molecule has 0 radical (unpaired) electrons. The average molecular weight is 268 g/mol. The van der Waals surface area contributed by atoms with Gasteiger partial charge in [-0.15, -0.1) is 0 Å². The molecule has 3 heterocycles. The zero-order chi connectivity index (χ0) is 13.9. The Morgan fingerprint density at radius 1 is 1.15 bits per heavy atom. The molecule has 0 saturated heterocycles. The standard InChI is InChI=1S/C12H12N8/c1-8-5-14-4-3-9(8)10-17-11(13-2)19-12(18-10)20-7-15-6-16-20/h3-7H,1-2H3,(H,13,17,18,19). The Bertz CT molecular complexity index is 722. The van der Waals surface area contributed by atoms with Crippen LogP contribution in [-0.4, -0.2) is 41.7 Å². The molecule has 0 saturated carbocycles. The van der Waals surface area contributed by atoms with Crippen LogP contribution >= 0.6 is 0 Å². The lowest BCUT2D eigenvalue weighted by atomic mass is 10.1. The van der Waals surface area contributed by atoms with E-state index in [0.29, 0.717) is 17.7 Å². The highest BCUT2D eigenvalue weighted by Gasteiger charge is 2.11. The number of aromatic nitrogens is 7.